The summed E-state index contributed by atoms with van der Waals surface area (Å²) in [5, 5.41) is 6.89. The molecule has 1 saturated heterocycles. The van der Waals surface area contributed by atoms with Crippen molar-refractivity contribution in [3.05, 3.63) is 34.9 Å². The summed E-state index contributed by atoms with van der Waals surface area (Å²) in [6, 6.07) is 5.26. The Morgan fingerprint density at radius 3 is 3.17 bits per heavy atom. The molecule has 1 atom stereocenters. The van der Waals surface area contributed by atoms with Gasteiger partial charge in [0.2, 0.25) is 5.91 Å². The maximum Gasteiger partial charge on any atom is 0.350 e. The molecule has 0 radical (unpaired) electrons. The zero-order valence-electron chi connectivity index (χ0n) is 13.5. The van der Waals surface area contributed by atoms with Crippen LogP contribution in [0.25, 0.3) is 5.65 Å². The molecule has 3 rings (SSSR count). The molecular formula is C16H22N4O4. The number of rotatable bonds is 8. The summed E-state index contributed by atoms with van der Waals surface area (Å²) in [7, 11) is 0. The first-order valence-electron chi connectivity index (χ1n) is 8.24. The van der Waals surface area contributed by atoms with Gasteiger partial charge in [-0.3, -0.25) is 9.20 Å². The minimum atomic E-state index is -0.319. The molecule has 1 fully saturated rings. The Bertz CT molecular complexity index is 733. The van der Waals surface area contributed by atoms with Gasteiger partial charge >= 0.3 is 5.69 Å². The van der Waals surface area contributed by atoms with Crippen molar-refractivity contribution in [3.63, 3.8) is 0 Å². The monoisotopic (exact) mass is 334 g/mol. The van der Waals surface area contributed by atoms with Crippen molar-refractivity contribution in [3.8, 4) is 0 Å². The average molecular weight is 334 g/mol. The molecule has 2 aromatic heterocycles. The van der Waals surface area contributed by atoms with Crippen LogP contribution in [0, 0.1) is 0 Å². The minimum Gasteiger partial charge on any atom is -0.379 e. The van der Waals surface area contributed by atoms with Crippen LogP contribution in [0.4, 0.5) is 0 Å². The number of fused-ring (bicyclic) bond motifs is 1. The number of ether oxygens (including phenoxy) is 2. The van der Waals surface area contributed by atoms with Gasteiger partial charge in [0.05, 0.1) is 12.7 Å². The van der Waals surface area contributed by atoms with E-state index in [-0.39, 0.29) is 24.2 Å². The number of carbonyl (C=O) groups is 1. The van der Waals surface area contributed by atoms with Crippen molar-refractivity contribution < 1.29 is 14.3 Å². The van der Waals surface area contributed by atoms with Crippen molar-refractivity contribution in [2.75, 3.05) is 26.4 Å². The molecule has 8 heteroatoms. The maximum atomic E-state index is 12.1. The number of nitrogens with zero attached hydrogens (tertiary/aromatic N) is 3. The highest BCUT2D eigenvalue weighted by Gasteiger charge is 2.15. The van der Waals surface area contributed by atoms with Gasteiger partial charge < -0.3 is 14.8 Å². The maximum absolute atomic E-state index is 12.1. The number of carbonyl (C=O) groups excluding carboxylic acids is 1. The van der Waals surface area contributed by atoms with Crippen LogP contribution >= 0.6 is 0 Å². The van der Waals surface area contributed by atoms with Gasteiger partial charge in [-0.1, -0.05) is 6.07 Å². The number of amides is 1. The lowest BCUT2D eigenvalue weighted by Crippen LogP contribution is -2.33. The fourth-order valence-electron chi connectivity index (χ4n) is 2.66. The van der Waals surface area contributed by atoms with E-state index in [4.69, 9.17) is 9.47 Å². The summed E-state index contributed by atoms with van der Waals surface area (Å²) < 4.78 is 13.6. The Labute approximate surface area is 139 Å². The lowest BCUT2D eigenvalue weighted by molar-refractivity contribution is -0.121. The van der Waals surface area contributed by atoms with Gasteiger partial charge in [0.25, 0.3) is 0 Å². The Balaban J connectivity index is 1.36. The summed E-state index contributed by atoms with van der Waals surface area (Å²) in [6.45, 7) is 2.44. The fraction of sp³-hybridized carbons (Fsp3) is 0.562. The molecule has 0 spiro atoms. The van der Waals surface area contributed by atoms with Gasteiger partial charge in [-0.15, -0.1) is 5.10 Å². The summed E-state index contributed by atoms with van der Waals surface area (Å²) in [5.41, 5.74) is 0.207. The van der Waals surface area contributed by atoms with Crippen LogP contribution in [-0.4, -0.2) is 52.6 Å². The number of aromatic nitrogens is 3. The average Bonchev–Trinajstić information content (AvgIpc) is 3.20. The van der Waals surface area contributed by atoms with Crippen LogP contribution in [0.1, 0.15) is 19.3 Å². The van der Waals surface area contributed by atoms with E-state index in [1.54, 1.807) is 24.4 Å². The number of nitrogens with one attached hydrogen (secondary N) is 1. The van der Waals surface area contributed by atoms with Gasteiger partial charge in [0, 0.05) is 26.0 Å². The molecule has 1 amide bonds. The summed E-state index contributed by atoms with van der Waals surface area (Å²) in [5.74, 6) is -0.236. The van der Waals surface area contributed by atoms with E-state index in [0.717, 1.165) is 25.9 Å². The second kappa shape index (κ2) is 8.07. The molecule has 1 aliphatic rings. The molecule has 1 aliphatic heterocycles. The Morgan fingerprint density at radius 1 is 1.46 bits per heavy atom. The standard InChI is InChI=1S/C16H22N4O4/c21-15(17-7-4-9-23-12-13-5-3-10-24-13)11-20-16(22)19-8-2-1-6-14(19)18-20/h1-2,6,8,13H,3-5,7,9-12H2,(H,17,21)/t13-/m1/s1. The van der Waals surface area contributed by atoms with Crippen LogP contribution in [0.15, 0.2) is 29.2 Å². The first kappa shape index (κ1) is 16.7. The lowest BCUT2D eigenvalue weighted by Gasteiger charge is -2.10. The predicted octanol–water partition coefficient (Wildman–Crippen LogP) is 0.198. The number of hydrogen-bond donors (Lipinski definition) is 1. The van der Waals surface area contributed by atoms with E-state index in [0.29, 0.717) is 25.4 Å². The molecular weight excluding hydrogens is 312 g/mol. The predicted molar refractivity (Wildman–Crippen MR) is 86.9 cm³/mol. The Hall–Kier alpha value is -2.19. The van der Waals surface area contributed by atoms with E-state index >= 15 is 0 Å². The molecule has 0 aromatic carbocycles. The number of hydrogen-bond acceptors (Lipinski definition) is 5. The lowest BCUT2D eigenvalue weighted by atomic mass is 10.2. The number of pyridine rings is 1. The second-order valence-electron chi connectivity index (χ2n) is 5.78. The summed E-state index contributed by atoms with van der Waals surface area (Å²) >= 11 is 0. The van der Waals surface area contributed by atoms with Crippen LogP contribution < -0.4 is 11.0 Å². The van der Waals surface area contributed by atoms with Gasteiger partial charge in [0.15, 0.2) is 5.65 Å². The summed E-state index contributed by atoms with van der Waals surface area (Å²) in [6.07, 6.45) is 4.74. The zero-order valence-corrected chi connectivity index (χ0v) is 13.5. The minimum absolute atomic E-state index is 0.0860. The Morgan fingerprint density at radius 2 is 2.38 bits per heavy atom. The molecule has 8 nitrogen and oxygen atoms in total. The van der Waals surface area contributed by atoms with Crippen molar-refractivity contribution in [1.29, 1.82) is 0 Å². The van der Waals surface area contributed by atoms with Crippen molar-refractivity contribution in [1.82, 2.24) is 19.5 Å². The second-order valence-corrected chi connectivity index (χ2v) is 5.78. The molecule has 24 heavy (non-hydrogen) atoms. The van der Waals surface area contributed by atoms with Crippen LogP contribution in [-0.2, 0) is 20.8 Å². The highest BCUT2D eigenvalue weighted by Crippen LogP contribution is 2.11. The van der Waals surface area contributed by atoms with Gasteiger partial charge in [-0.05, 0) is 31.4 Å². The molecule has 0 bridgehead atoms. The highest BCUT2D eigenvalue weighted by molar-refractivity contribution is 5.75. The van der Waals surface area contributed by atoms with Gasteiger partial charge in [-0.25, -0.2) is 9.48 Å². The van der Waals surface area contributed by atoms with E-state index in [1.807, 2.05) is 0 Å². The Kier molecular flexibility index (Phi) is 5.60. The molecule has 0 unspecified atom stereocenters. The first-order chi connectivity index (χ1) is 11.7. The van der Waals surface area contributed by atoms with Crippen molar-refractivity contribution in [2.45, 2.75) is 31.9 Å². The van der Waals surface area contributed by atoms with Gasteiger partial charge in [0.1, 0.15) is 6.54 Å². The van der Waals surface area contributed by atoms with Crippen LogP contribution in [0.2, 0.25) is 0 Å². The molecule has 0 saturated carbocycles. The third-order valence-corrected chi connectivity index (χ3v) is 3.90. The smallest absolute Gasteiger partial charge is 0.350 e. The quantitative estimate of drug-likeness (QED) is 0.697. The summed E-state index contributed by atoms with van der Waals surface area (Å²) in [4.78, 5) is 24.0. The molecule has 0 aliphatic carbocycles. The normalized spacial score (nSPS) is 17.4. The van der Waals surface area contributed by atoms with Crippen molar-refractivity contribution >= 4 is 11.6 Å². The molecule has 130 valence electrons. The molecule has 2 aromatic rings. The highest BCUT2D eigenvalue weighted by atomic mass is 16.5. The van der Waals surface area contributed by atoms with E-state index in [1.165, 1.54) is 9.08 Å². The van der Waals surface area contributed by atoms with E-state index < -0.39 is 0 Å². The fourth-order valence-corrected chi connectivity index (χ4v) is 2.66. The van der Waals surface area contributed by atoms with E-state index in [2.05, 4.69) is 10.4 Å². The van der Waals surface area contributed by atoms with E-state index in [9.17, 15) is 9.59 Å². The van der Waals surface area contributed by atoms with Crippen LogP contribution in [0.5, 0.6) is 0 Å². The SMILES string of the molecule is O=C(Cn1nc2ccccn2c1=O)NCCCOC[C@H]1CCCO1. The topological polar surface area (TPSA) is 86.9 Å². The molecule has 1 N–H and O–H groups in total. The third kappa shape index (κ3) is 4.21. The third-order valence-electron chi connectivity index (χ3n) is 3.90. The first-order valence-corrected chi connectivity index (χ1v) is 8.24. The molecule has 3 heterocycles. The van der Waals surface area contributed by atoms with Crippen LogP contribution in [0.3, 0.4) is 0 Å². The van der Waals surface area contributed by atoms with Crippen molar-refractivity contribution in [2.24, 2.45) is 0 Å². The van der Waals surface area contributed by atoms with Gasteiger partial charge in [-0.2, -0.15) is 0 Å². The largest absolute Gasteiger partial charge is 0.379 e. The zero-order chi connectivity index (χ0) is 16.8.